The van der Waals surface area contributed by atoms with E-state index < -0.39 is 5.54 Å². The molecule has 0 unspecified atom stereocenters. The molecule has 1 saturated carbocycles. The van der Waals surface area contributed by atoms with Crippen molar-refractivity contribution in [2.24, 2.45) is 0 Å². The number of anilines is 2. The van der Waals surface area contributed by atoms with Crippen LogP contribution in [0.25, 0.3) is 0 Å². The van der Waals surface area contributed by atoms with Gasteiger partial charge in [0.2, 0.25) is 5.91 Å². The molecule has 2 amide bonds. The second kappa shape index (κ2) is 8.93. The van der Waals surface area contributed by atoms with Gasteiger partial charge in [-0.3, -0.25) is 14.5 Å². The summed E-state index contributed by atoms with van der Waals surface area (Å²) in [5.74, 6) is 0.824. The lowest BCUT2D eigenvalue weighted by atomic mass is 9.75. The van der Waals surface area contributed by atoms with Crippen LogP contribution in [0.3, 0.4) is 0 Å². The number of pyridine rings is 1. The maximum absolute atomic E-state index is 13.6. The Hall–Kier alpha value is -3.51. The van der Waals surface area contributed by atoms with Crippen molar-refractivity contribution in [2.45, 2.75) is 57.6 Å². The van der Waals surface area contributed by atoms with E-state index in [1.165, 1.54) is 0 Å². The fourth-order valence-corrected chi connectivity index (χ4v) is 5.63. The molecule has 8 nitrogen and oxygen atoms in total. The maximum Gasteiger partial charge on any atom is 0.259 e. The van der Waals surface area contributed by atoms with Crippen LogP contribution >= 0.6 is 12.2 Å². The zero-order valence-corrected chi connectivity index (χ0v) is 20.7. The zero-order valence-electron chi connectivity index (χ0n) is 19.9. The number of likely N-dealkylation sites (tertiary alicyclic amines) is 1. The van der Waals surface area contributed by atoms with Crippen LogP contribution in [0.4, 0.5) is 11.4 Å². The number of hydrogen-bond acceptors (Lipinski definition) is 6. The monoisotopic (exact) mass is 489 g/mol. The number of rotatable bonds is 4. The summed E-state index contributed by atoms with van der Waals surface area (Å²) in [6.07, 6.45) is 5.66. The first-order valence-electron chi connectivity index (χ1n) is 11.9. The van der Waals surface area contributed by atoms with E-state index in [2.05, 4.69) is 11.1 Å². The normalized spacial score (nSPS) is 19.6. The molecule has 0 atom stereocenters. The average Bonchev–Trinajstić information content (AvgIpc) is 3.06. The highest BCUT2D eigenvalue weighted by Gasteiger charge is 2.59. The SMILES string of the molecule is CC(=O)N1CCC(Oc2ccc(N3C(=S)N(c4cnc(C#N)c(C)c4)C(=O)C34CCC4)cc2)CC1. The number of carbonyl (C=O) groups is 2. The Morgan fingerprint density at radius 3 is 2.43 bits per heavy atom. The number of carbonyl (C=O) groups excluding carboxylic acids is 2. The molecule has 3 heterocycles. The molecule has 3 fully saturated rings. The van der Waals surface area contributed by atoms with Crippen molar-refractivity contribution in [1.29, 1.82) is 5.26 Å². The van der Waals surface area contributed by atoms with Gasteiger partial charge >= 0.3 is 0 Å². The van der Waals surface area contributed by atoms with Crippen molar-refractivity contribution < 1.29 is 14.3 Å². The standard InChI is InChI=1S/C26H27N5O3S/c1-17-14-20(16-28-23(17)15-27)30-24(33)26(10-3-11-26)31(25(30)35)19-4-6-21(7-5-19)34-22-8-12-29(13-9-22)18(2)32/h4-7,14,16,22H,3,8-13H2,1-2H3. The van der Waals surface area contributed by atoms with Gasteiger partial charge in [0.25, 0.3) is 5.91 Å². The highest BCUT2D eigenvalue weighted by Crippen LogP contribution is 2.48. The number of amides is 2. The highest BCUT2D eigenvalue weighted by molar-refractivity contribution is 7.81. The van der Waals surface area contributed by atoms with E-state index in [1.54, 1.807) is 31.0 Å². The van der Waals surface area contributed by atoms with Gasteiger partial charge in [-0.2, -0.15) is 5.26 Å². The van der Waals surface area contributed by atoms with E-state index in [4.69, 9.17) is 17.0 Å². The molecule has 3 aliphatic rings. The van der Waals surface area contributed by atoms with Gasteiger partial charge in [-0.1, -0.05) is 0 Å². The predicted molar refractivity (Wildman–Crippen MR) is 135 cm³/mol. The van der Waals surface area contributed by atoms with Crippen LogP contribution in [0, 0.1) is 18.3 Å². The summed E-state index contributed by atoms with van der Waals surface area (Å²) in [7, 11) is 0. The largest absolute Gasteiger partial charge is 0.490 e. The van der Waals surface area contributed by atoms with Gasteiger partial charge in [0, 0.05) is 38.5 Å². The highest BCUT2D eigenvalue weighted by atomic mass is 32.1. The summed E-state index contributed by atoms with van der Waals surface area (Å²) < 4.78 is 6.17. The number of benzene rings is 1. The second-order valence-electron chi connectivity index (χ2n) is 9.43. The molecular weight excluding hydrogens is 462 g/mol. The second-order valence-corrected chi connectivity index (χ2v) is 9.80. The van der Waals surface area contributed by atoms with Crippen molar-refractivity contribution in [3.05, 3.63) is 47.8 Å². The van der Waals surface area contributed by atoms with Crippen molar-refractivity contribution >= 4 is 40.5 Å². The van der Waals surface area contributed by atoms with Gasteiger partial charge in [-0.25, -0.2) is 4.98 Å². The van der Waals surface area contributed by atoms with Gasteiger partial charge in [0.05, 0.1) is 11.9 Å². The van der Waals surface area contributed by atoms with E-state index >= 15 is 0 Å². The molecule has 2 saturated heterocycles. The quantitative estimate of drug-likeness (QED) is 0.605. The van der Waals surface area contributed by atoms with Crippen LogP contribution in [-0.4, -0.2) is 51.5 Å². The van der Waals surface area contributed by atoms with E-state index in [0.717, 1.165) is 43.5 Å². The molecule has 9 heteroatoms. The Balaban J connectivity index is 1.36. The van der Waals surface area contributed by atoms with Crippen LogP contribution < -0.4 is 14.5 Å². The minimum atomic E-state index is -0.680. The molecule has 0 radical (unpaired) electrons. The predicted octanol–water partition coefficient (Wildman–Crippen LogP) is 3.71. The lowest BCUT2D eigenvalue weighted by Crippen LogP contribution is -2.55. The summed E-state index contributed by atoms with van der Waals surface area (Å²) in [6.45, 7) is 4.83. The molecule has 1 spiro atoms. The van der Waals surface area contributed by atoms with Gasteiger partial charge in [-0.15, -0.1) is 0 Å². The van der Waals surface area contributed by atoms with E-state index in [-0.39, 0.29) is 17.9 Å². The van der Waals surface area contributed by atoms with Gasteiger partial charge in [0.1, 0.15) is 29.2 Å². The number of piperidine rings is 1. The number of aryl methyl sites for hydroxylation is 1. The average molecular weight is 490 g/mol. The van der Waals surface area contributed by atoms with Gasteiger partial charge < -0.3 is 14.5 Å². The summed E-state index contributed by atoms with van der Waals surface area (Å²) in [5.41, 5.74) is 1.80. The Kier molecular flexibility index (Phi) is 5.93. The number of aromatic nitrogens is 1. The molecular formula is C26H27N5O3S. The third kappa shape index (κ3) is 3.92. The fraction of sp³-hybridized carbons (Fsp3) is 0.423. The number of nitrogens with zero attached hydrogens (tertiary/aromatic N) is 5. The first-order chi connectivity index (χ1) is 16.8. The number of thiocarbonyl (C=S) groups is 1. The molecule has 1 aliphatic carbocycles. The topological polar surface area (TPSA) is 89.8 Å². The first kappa shape index (κ1) is 23.2. The molecule has 5 rings (SSSR count). The molecule has 180 valence electrons. The Morgan fingerprint density at radius 1 is 1.20 bits per heavy atom. The van der Waals surface area contributed by atoms with Crippen molar-refractivity contribution in [2.75, 3.05) is 22.9 Å². The summed E-state index contributed by atoms with van der Waals surface area (Å²) in [6, 6.07) is 11.6. The fourth-order valence-electron chi connectivity index (χ4n) is 5.16. The number of ether oxygens (including phenoxy) is 1. The van der Waals surface area contributed by atoms with E-state index in [9.17, 15) is 14.9 Å². The molecule has 2 aliphatic heterocycles. The van der Waals surface area contributed by atoms with Crippen LogP contribution in [0.1, 0.15) is 50.3 Å². The van der Waals surface area contributed by atoms with Crippen molar-refractivity contribution in [3.8, 4) is 11.8 Å². The van der Waals surface area contributed by atoms with E-state index in [1.807, 2.05) is 34.1 Å². The molecule has 2 aromatic rings. The third-order valence-electron chi connectivity index (χ3n) is 7.31. The Morgan fingerprint density at radius 2 is 1.89 bits per heavy atom. The van der Waals surface area contributed by atoms with Crippen LogP contribution in [0.2, 0.25) is 0 Å². The molecule has 1 aromatic carbocycles. The Bertz CT molecular complexity index is 1230. The lowest BCUT2D eigenvalue weighted by Gasteiger charge is -2.43. The van der Waals surface area contributed by atoms with E-state index in [0.29, 0.717) is 35.1 Å². The lowest BCUT2D eigenvalue weighted by molar-refractivity contribution is -0.130. The molecule has 0 bridgehead atoms. The van der Waals surface area contributed by atoms with Crippen molar-refractivity contribution in [1.82, 2.24) is 9.88 Å². The summed E-state index contributed by atoms with van der Waals surface area (Å²) in [4.78, 5) is 34.8. The summed E-state index contributed by atoms with van der Waals surface area (Å²) in [5, 5.41) is 9.63. The molecule has 1 aromatic heterocycles. The van der Waals surface area contributed by atoms with Gasteiger partial charge in [-0.05, 0) is 74.3 Å². The number of nitriles is 1. The summed E-state index contributed by atoms with van der Waals surface area (Å²) >= 11 is 5.83. The van der Waals surface area contributed by atoms with Gasteiger partial charge in [0.15, 0.2) is 5.11 Å². The molecule has 0 N–H and O–H groups in total. The minimum absolute atomic E-state index is 0.0442. The first-order valence-corrected chi connectivity index (χ1v) is 12.3. The third-order valence-corrected chi connectivity index (χ3v) is 7.67. The van der Waals surface area contributed by atoms with Crippen LogP contribution in [0.15, 0.2) is 36.5 Å². The molecule has 35 heavy (non-hydrogen) atoms. The van der Waals surface area contributed by atoms with Crippen molar-refractivity contribution in [3.63, 3.8) is 0 Å². The number of hydrogen-bond donors (Lipinski definition) is 0. The Labute approximate surface area is 210 Å². The van der Waals surface area contributed by atoms with Crippen LogP contribution in [-0.2, 0) is 9.59 Å². The minimum Gasteiger partial charge on any atom is -0.490 e. The van der Waals surface area contributed by atoms with Crippen LogP contribution in [0.5, 0.6) is 5.75 Å². The maximum atomic E-state index is 13.6. The zero-order chi connectivity index (χ0) is 24.7. The smallest absolute Gasteiger partial charge is 0.259 e.